The minimum Gasteiger partial charge on any atom is -0.396 e. The van der Waals surface area contributed by atoms with E-state index in [1.165, 1.54) is 5.57 Å². The molecular weight excluding hydrogens is 288 g/mol. The maximum Gasteiger partial charge on any atom is 0.158 e. The van der Waals surface area contributed by atoms with Gasteiger partial charge in [0.25, 0.3) is 0 Å². The van der Waals surface area contributed by atoms with Crippen molar-refractivity contribution in [3.63, 3.8) is 0 Å². The van der Waals surface area contributed by atoms with Gasteiger partial charge in [0.05, 0.1) is 5.60 Å². The van der Waals surface area contributed by atoms with Gasteiger partial charge in [0.1, 0.15) is 0 Å². The van der Waals surface area contributed by atoms with E-state index in [1.54, 1.807) is 13.0 Å². The highest BCUT2D eigenvalue weighted by molar-refractivity contribution is 5.97. The first-order valence-electron chi connectivity index (χ1n) is 8.80. The molecule has 0 bridgehead atoms. The number of Topliss-reactive ketones (excluding diaryl/α,β-unsaturated/α-hetero) is 1. The molecule has 0 aliphatic heterocycles. The van der Waals surface area contributed by atoms with Crippen molar-refractivity contribution >= 4 is 5.78 Å². The monoisotopic (exact) mass is 320 g/mol. The standard InChI is InChI=1S/C20H32O3/c1-6-19(4,23)11-8-15-14(2)16(22)12-17-18(3,13-21)9-7-10-20(15,17)5/h6,17,21,23H,1,7-13H2,2-5H3/t17-,18-,19-,20+/m1/s1. The Morgan fingerprint density at radius 3 is 2.61 bits per heavy atom. The van der Waals surface area contributed by atoms with Crippen molar-refractivity contribution in [3.05, 3.63) is 23.8 Å². The molecule has 0 amide bonds. The van der Waals surface area contributed by atoms with Crippen LogP contribution in [0, 0.1) is 16.7 Å². The number of ketones is 1. The molecule has 2 aliphatic carbocycles. The Bertz CT molecular complexity index is 531. The Balaban J connectivity index is 2.40. The molecule has 2 rings (SSSR count). The molecule has 23 heavy (non-hydrogen) atoms. The Morgan fingerprint density at radius 2 is 2.04 bits per heavy atom. The zero-order valence-corrected chi connectivity index (χ0v) is 15.1. The molecule has 0 unspecified atom stereocenters. The van der Waals surface area contributed by atoms with E-state index >= 15 is 0 Å². The van der Waals surface area contributed by atoms with E-state index in [2.05, 4.69) is 20.4 Å². The van der Waals surface area contributed by atoms with Crippen molar-refractivity contribution in [3.8, 4) is 0 Å². The van der Waals surface area contributed by atoms with Gasteiger partial charge >= 0.3 is 0 Å². The fraction of sp³-hybridized carbons (Fsp3) is 0.750. The number of fused-ring (bicyclic) bond motifs is 1. The number of aliphatic hydroxyl groups is 2. The summed E-state index contributed by atoms with van der Waals surface area (Å²) >= 11 is 0. The van der Waals surface area contributed by atoms with Crippen LogP contribution in [0.25, 0.3) is 0 Å². The number of hydrogen-bond acceptors (Lipinski definition) is 3. The second-order valence-electron chi connectivity index (χ2n) is 8.43. The third-order valence-corrected chi connectivity index (χ3v) is 6.69. The topological polar surface area (TPSA) is 57.5 Å². The molecule has 3 heteroatoms. The summed E-state index contributed by atoms with van der Waals surface area (Å²) < 4.78 is 0. The SMILES string of the molecule is C=C[C@@](C)(O)CCC1=C(C)C(=O)C[C@@H]2[C@@](C)(CO)CCC[C@@]12C. The fourth-order valence-corrected chi connectivity index (χ4v) is 4.89. The Labute approximate surface area is 140 Å². The summed E-state index contributed by atoms with van der Waals surface area (Å²) in [4.78, 5) is 12.6. The van der Waals surface area contributed by atoms with Crippen molar-refractivity contribution in [1.29, 1.82) is 0 Å². The van der Waals surface area contributed by atoms with Gasteiger partial charge in [-0.2, -0.15) is 0 Å². The van der Waals surface area contributed by atoms with Gasteiger partial charge in [-0.25, -0.2) is 0 Å². The molecule has 3 nitrogen and oxygen atoms in total. The van der Waals surface area contributed by atoms with Crippen LogP contribution < -0.4 is 0 Å². The molecule has 2 aliphatic rings. The van der Waals surface area contributed by atoms with Crippen LogP contribution in [-0.2, 0) is 4.79 Å². The smallest absolute Gasteiger partial charge is 0.158 e. The normalized spacial score (nSPS) is 37.3. The summed E-state index contributed by atoms with van der Waals surface area (Å²) in [7, 11) is 0. The van der Waals surface area contributed by atoms with Gasteiger partial charge in [-0.05, 0) is 61.9 Å². The lowest BCUT2D eigenvalue weighted by molar-refractivity contribution is -0.124. The summed E-state index contributed by atoms with van der Waals surface area (Å²) in [6.45, 7) is 11.9. The van der Waals surface area contributed by atoms with E-state index in [9.17, 15) is 15.0 Å². The molecule has 1 saturated carbocycles. The Kier molecular flexibility index (Phi) is 4.94. The van der Waals surface area contributed by atoms with E-state index in [-0.39, 0.29) is 29.1 Å². The van der Waals surface area contributed by atoms with E-state index in [4.69, 9.17) is 0 Å². The van der Waals surface area contributed by atoms with Gasteiger partial charge in [0.2, 0.25) is 0 Å². The second-order valence-corrected chi connectivity index (χ2v) is 8.43. The van der Waals surface area contributed by atoms with E-state index in [0.29, 0.717) is 19.3 Å². The summed E-state index contributed by atoms with van der Waals surface area (Å²) in [6.07, 6.45) is 6.52. The van der Waals surface area contributed by atoms with Crippen LogP contribution in [0.4, 0.5) is 0 Å². The number of carbonyl (C=O) groups is 1. The molecule has 1 fully saturated rings. The van der Waals surface area contributed by atoms with Crippen LogP contribution in [0.3, 0.4) is 0 Å². The number of allylic oxidation sites excluding steroid dienone is 2. The molecule has 0 aromatic rings. The van der Waals surface area contributed by atoms with Crippen LogP contribution in [0.2, 0.25) is 0 Å². The van der Waals surface area contributed by atoms with Gasteiger partial charge < -0.3 is 10.2 Å². The molecule has 0 aromatic carbocycles. The summed E-state index contributed by atoms with van der Waals surface area (Å²) in [6, 6.07) is 0. The molecular formula is C20H32O3. The van der Waals surface area contributed by atoms with Crippen molar-refractivity contribution < 1.29 is 15.0 Å². The molecule has 130 valence electrons. The Morgan fingerprint density at radius 1 is 1.39 bits per heavy atom. The van der Waals surface area contributed by atoms with Crippen LogP contribution in [-0.4, -0.2) is 28.2 Å². The highest BCUT2D eigenvalue weighted by Crippen LogP contribution is 2.59. The zero-order valence-electron chi connectivity index (χ0n) is 15.1. The number of aliphatic hydroxyl groups excluding tert-OH is 1. The molecule has 0 saturated heterocycles. The minimum absolute atomic E-state index is 0.0506. The summed E-state index contributed by atoms with van der Waals surface area (Å²) in [5.41, 5.74) is 0.931. The van der Waals surface area contributed by atoms with Gasteiger partial charge in [-0.3, -0.25) is 4.79 Å². The molecule has 0 heterocycles. The summed E-state index contributed by atoms with van der Waals surface area (Å²) in [5, 5.41) is 20.2. The number of carbonyl (C=O) groups excluding carboxylic acids is 1. The van der Waals surface area contributed by atoms with E-state index in [0.717, 1.165) is 24.8 Å². The van der Waals surface area contributed by atoms with Crippen molar-refractivity contribution in [1.82, 2.24) is 0 Å². The van der Waals surface area contributed by atoms with Crippen molar-refractivity contribution in [2.45, 2.75) is 71.8 Å². The first-order valence-corrected chi connectivity index (χ1v) is 8.80. The lowest BCUT2D eigenvalue weighted by Crippen LogP contribution is -2.50. The third-order valence-electron chi connectivity index (χ3n) is 6.69. The largest absolute Gasteiger partial charge is 0.396 e. The zero-order chi connectivity index (χ0) is 17.5. The second kappa shape index (κ2) is 6.18. The van der Waals surface area contributed by atoms with Crippen molar-refractivity contribution in [2.75, 3.05) is 6.61 Å². The van der Waals surface area contributed by atoms with Gasteiger partial charge in [-0.15, -0.1) is 6.58 Å². The average molecular weight is 320 g/mol. The first-order chi connectivity index (χ1) is 10.6. The van der Waals surface area contributed by atoms with Gasteiger partial charge in [0, 0.05) is 13.0 Å². The fourth-order valence-electron chi connectivity index (χ4n) is 4.89. The van der Waals surface area contributed by atoms with Crippen molar-refractivity contribution in [2.24, 2.45) is 16.7 Å². The van der Waals surface area contributed by atoms with Crippen LogP contribution in [0.15, 0.2) is 23.8 Å². The van der Waals surface area contributed by atoms with Crippen LogP contribution in [0.5, 0.6) is 0 Å². The molecule has 0 aromatic heterocycles. The molecule has 2 N–H and O–H groups in total. The number of rotatable bonds is 5. The Hall–Kier alpha value is -0.930. The number of hydrogen-bond donors (Lipinski definition) is 2. The van der Waals surface area contributed by atoms with Gasteiger partial charge in [0.15, 0.2) is 5.78 Å². The predicted octanol–water partition coefficient (Wildman–Crippen LogP) is 3.80. The minimum atomic E-state index is -0.908. The quantitative estimate of drug-likeness (QED) is 0.758. The highest BCUT2D eigenvalue weighted by Gasteiger charge is 2.53. The predicted molar refractivity (Wildman–Crippen MR) is 93.0 cm³/mol. The van der Waals surface area contributed by atoms with E-state index < -0.39 is 5.60 Å². The first kappa shape index (κ1) is 18.4. The molecule has 0 radical (unpaired) electrons. The lowest BCUT2D eigenvalue weighted by Gasteiger charge is -2.55. The maximum atomic E-state index is 12.6. The van der Waals surface area contributed by atoms with Gasteiger partial charge in [-0.1, -0.05) is 31.9 Å². The average Bonchev–Trinajstić information content (AvgIpc) is 2.50. The maximum absolute atomic E-state index is 12.6. The van der Waals surface area contributed by atoms with Crippen LogP contribution >= 0.6 is 0 Å². The van der Waals surface area contributed by atoms with E-state index in [1.807, 2.05) is 6.92 Å². The summed E-state index contributed by atoms with van der Waals surface area (Å²) in [5.74, 6) is 0.399. The van der Waals surface area contributed by atoms with Crippen LogP contribution in [0.1, 0.15) is 66.2 Å². The third kappa shape index (κ3) is 3.18. The lowest BCUT2D eigenvalue weighted by atomic mass is 9.49. The molecule has 4 atom stereocenters. The highest BCUT2D eigenvalue weighted by atomic mass is 16.3. The molecule has 0 spiro atoms.